The average Bonchev–Trinajstić information content (AvgIpc) is 2.78. The molecule has 0 aliphatic heterocycles. The van der Waals surface area contributed by atoms with E-state index in [2.05, 4.69) is 4.72 Å². The van der Waals surface area contributed by atoms with Gasteiger partial charge in [-0.25, -0.2) is 13.2 Å². The zero-order valence-electron chi connectivity index (χ0n) is 17.4. The fourth-order valence-electron chi connectivity index (χ4n) is 2.84. The smallest absolute Gasteiger partial charge is 0.338 e. The van der Waals surface area contributed by atoms with Crippen molar-refractivity contribution in [3.05, 3.63) is 83.4 Å². The third-order valence-corrected chi connectivity index (χ3v) is 5.90. The highest BCUT2D eigenvalue weighted by molar-refractivity contribution is 7.92. The minimum Gasteiger partial charge on any atom is -0.497 e. The quantitative estimate of drug-likeness (QED) is 0.528. The van der Waals surface area contributed by atoms with Crippen LogP contribution in [-0.4, -0.2) is 28.6 Å². The molecular weight excluding hydrogens is 418 g/mol. The number of ether oxygens (including phenoxy) is 3. The normalized spacial score (nSPS) is 10.9. The van der Waals surface area contributed by atoms with E-state index in [1.54, 1.807) is 55.6 Å². The summed E-state index contributed by atoms with van der Waals surface area (Å²) in [4.78, 5) is 12.4. The van der Waals surface area contributed by atoms with Gasteiger partial charge in [0.25, 0.3) is 10.0 Å². The second-order valence-corrected chi connectivity index (χ2v) is 8.42. The molecule has 162 valence electrons. The highest BCUT2D eigenvalue weighted by atomic mass is 32.2. The Labute approximate surface area is 181 Å². The zero-order valence-corrected chi connectivity index (χ0v) is 18.2. The van der Waals surface area contributed by atoms with Crippen LogP contribution in [-0.2, 0) is 21.4 Å². The van der Waals surface area contributed by atoms with Crippen LogP contribution in [0.5, 0.6) is 11.5 Å². The Morgan fingerprint density at radius 3 is 2.35 bits per heavy atom. The van der Waals surface area contributed by atoms with Crippen LogP contribution >= 0.6 is 0 Å². The fourth-order valence-corrected chi connectivity index (χ4v) is 4.09. The molecule has 7 nitrogen and oxygen atoms in total. The third-order valence-electron chi connectivity index (χ3n) is 4.50. The van der Waals surface area contributed by atoms with Crippen LogP contribution in [0.3, 0.4) is 0 Å². The van der Waals surface area contributed by atoms with Crippen LogP contribution in [0.15, 0.2) is 71.6 Å². The number of methoxy groups -OCH3 is 2. The summed E-state index contributed by atoms with van der Waals surface area (Å²) in [6, 6.07) is 18.1. The molecule has 0 radical (unpaired) electrons. The average molecular weight is 442 g/mol. The summed E-state index contributed by atoms with van der Waals surface area (Å²) in [5.41, 5.74) is 2.24. The number of carbonyl (C=O) groups excluding carboxylic acids is 1. The van der Waals surface area contributed by atoms with Gasteiger partial charge in [-0.05, 0) is 55.0 Å². The maximum absolute atomic E-state index is 12.9. The summed E-state index contributed by atoms with van der Waals surface area (Å²) in [7, 11) is -1.09. The molecule has 0 atom stereocenters. The lowest BCUT2D eigenvalue weighted by molar-refractivity contribution is 0.0472. The number of sulfonamides is 1. The lowest BCUT2D eigenvalue weighted by atomic mass is 10.2. The molecule has 0 fully saturated rings. The van der Waals surface area contributed by atoms with E-state index in [1.165, 1.54) is 25.3 Å². The lowest BCUT2D eigenvalue weighted by Crippen LogP contribution is -2.15. The van der Waals surface area contributed by atoms with E-state index in [0.29, 0.717) is 11.4 Å². The SMILES string of the molecule is COc1cccc(COC(=O)c2ccc(OC)c(S(=O)(=O)Nc3ccc(C)cc3)c2)c1. The number of carbonyl (C=O) groups is 1. The molecule has 31 heavy (non-hydrogen) atoms. The summed E-state index contributed by atoms with van der Waals surface area (Å²) < 4.78 is 44.0. The fraction of sp³-hybridized carbons (Fsp3) is 0.174. The van der Waals surface area contributed by atoms with Gasteiger partial charge in [0.05, 0.1) is 19.8 Å². The Kier molecular flexibility index (Phi) is 6.81. The van der Waals surface area contributed by atoms with Gasteiger partial charge in [0.2, 0.25) is 0 Å². The first-order valence-electron chi connectivity index (χ1n) is 9.40. The molecule has 0 saturated heterocycles. The number of hydrogen-bond acceptors (Lipinski definition) is 6. The van der Waals surface area contributed by atoms with E-state index in [9.17, 15) is 13.2 Å². The predicted octanol–water partition coefficient (Wildman–Crippen LogP) is 4.17. The van der Waals surface area contributed by atoms with Crippen molar-refractivity contribution in [3.63, 3.8) is 0 Å². The van der Waals surface area contributed by atoms with Gasteiger partial charge in [-0.2, -0.15) is 0 Å². The van der Waals surface area contributed by atoms with E-state index < -0.39 is 16.0 Å². The summed E-state index contributed by atoms with van der Waals surface area (Å²) in [5.74, 6) is 0.106. The van der Waals surface area contributed by atoms with Crippen LogP contribution < -0.4 is 14.2 Å². The van der Waals surface area contributed by atoms with Crippen LogP contribution in [0.4, 0.5) is 5.69 Å². The van der Waals surface area contributed by atoms with E-state index >= 15 is 0 Å². The first-order chi connectivity index (χ1) is 14.8. The number of nitrogens with one attached hydrogen (secondary N) is 1. The van der Waals surface area contributed by atoms with Gasteiger partial charge in [-0.3, -0.25) is 4.72 Å². The molecule has 3 aromatic rings. The van der Waals surface area contributed by atoms with Gasteiger partial charge >= 0.3 is 5.97 Å². The molecule has 1 N–H and O–H groups in total. The molecule has 3 rings (SSSR count). The number of benzene rings is 3. The van der Waals surface area contributed by atoms with Crippen LogP contribution in [0.2, 0.25) is 0 Å². The monoisotopic (exact) mass is 441 g/mol. The molecule has 0 aliphatic rings. The zero-order chi connectivity index (χ0) is 22.4. The number of anilines is 1. The van der Waals surface area contributed by atoms with Crippen molar-refractivity contribution in [2.24, 2.45) is 0 Å². The van der Waals surface area contributed by atoms with Crippen molar-refractivity contribution in [1.82, 2.24) is 0 Å². The molecule has 0 saturated carbocycles. The standard InChI is InChI=1S/C23H23NO6S/c1-16-7-10-19(11-8-16)24-31(26,27)22-14-18(9-12-21(22)29-3)23(25)30-15-17-5-4-6-20(13-17)28-2/h4-14,24H,15H2,1-3H3. The maximum atomic E-state index is 12.9. The molecule has 0 amide bonds. The largest absolute Gasteiger partial charge is 0.497 e. The van der Waals surface area contributed by atoms with Crippen molar-refractivity contribution >= 4 is 21.7 Å². The van der Waals surface area contributed by atoms with E-state index in [0.717, 1.165) is 11.1 Å². The van der Waals surface area contributed by atoms with Crippen molar-refractivity contribution in [2.45, 2.75) is 18.4 Å². The molecule has 0 unspecified atom stereocenters. The molecule has 0 spiro atoms. The second-order valence-electron chi connectivity index (χ2n) is 6.76. The Balaban J connectivity index is 1.81. The molecule has 8 heteroatoms. The summed E-state index contributed by atoms with van der Waals surface area (Å²) >= 11 is 0. The van der Waals surface area contributed by atoms with Crippen molar-refractivity contribution in [3.8, 4) is 11.5 Å². The Morgan fingerprint density at radius 2 is 1.68 bits per heavy atom. The van der Waals surface area contributed by atoms with Gasteiger partial charge in [0.15, 0.2) is 0 Å². The molecule has 0 aromatic heterocycles. The number of esters is 1. The summed E-state index contributed by atoms with van der Waals surface area (Å²) in [6.07, 6.45) is 0. The number of aryl methyl sites for hydroxylation is 1. The Bertz CT molecular complexity index is 1170. The highest BCUT2D eigenvalue weighted by Crippen LogP contribution is 2.27. The van der Waals surface area contributed by atoms with Gasteiger partial charge in [-0.15, -0.1) is 0 Å². The first-order valence-corrected chi connectivity index (χ1v) is 10.9. The van der Waals surface area contributed by atoms with E-state index in [1.807, 2.05) is 6.92 Å². The Morgan fingerprint density at radius 1 is 0.935 bits per heavy atom. The molecule has 0 bridgehead atoms. The van der Waals surface area contributed by atoms with Crippen molar-refractivity contribution < 1.29 is 27.4 Å². The maximum Gasteiger partial charge on any atom is 0.338 e. The van der Waals surface area contributed by atoms with E-state index in [4.69, 9.17) is 14.2 Å². The van der Waals surface area contributed by atoms with Crippen LogP contribution in [0.25, 0.3) is 0 Å². The number of hydrogen-bond donors (Lipinski definition) is 1. The second kappa shape index (κ2) is 9.53. The van der Waals surface area contributed by atoms with E-state index in [-0.39, 0.29) is 22.8 Å². The Hall–Kier alpha value is -3.52. The molecule has 0 heterocycles. The van der Waals surface area contributed by atoms with Gasteiger partial charge in [0, 0.05) is 5.69 Å². The predicted molar refractivity (Wildman–Crippen MR) is 117 cm³/mol. The van der Waals surface area contributed by atoms with Crippen molar-refractivity contribution in [1.29, 1.82) is 0 Å². The number of rotatable bonds is 8. The van der Waals surface area contributed by atoms with Gasteiger partial charge in [0.1, 0.15) is 23.0 Å². The molecule has 3 aromatic carbocycles. The highest BCUT2D eigenvalue weighted by Gasteiger charge is 2.22. The third kappa shape index (κ3) is 5.55. The topological polar surface area (TPSA) is 90.9 Å². The minimum atomic E-state index is -4.00. The van der Waals surface area contributed by atoms with Crippen LogP contribution in [0.1, 0.15) is 21.5 Å². The lowest BCUT2D eigenvalue weighted by Gasteiger charge is -2.13. The molecule has 0 aliphatic carbocycles. The summed E-state index contributed by atoms with van der Waals surface area (Å²) in [5, 5.41) is 0. The first kappa shape index (κ1) is 22.2. The van der Waals surface area contributed by atoms with Crippen molar-refractivity contribution in [2.75, 3.05) is 18.9 Å². The molecular formula is C23H23NO6S. The summed E-state index contributed by atoms with van der Waals surface area (Å²) in [6.45, 7) is 1.92. The van der Waals surface area contributed by atoms with Gasteiger partial charge < -0.3 is 14.2 Å². The van der Waals surface area contributed by atoms with Crippen LogP contribution in [0, 0.1) is 6.92 Å². The minimum absolute atomic E-state index is 0.0196. The van der Waals surface area contributed by atoms with Gasteiger partial charge in [-0.1, -0.05) is 29.8 Å².